The van der Waals surface area contributed by atoms with Gasteiger partial charge in [-0.05, 0) is 74.4 Å². The first-order valence-electron chi connectivity index (χ1n) is 9.73. The van der Waals surface area contributed by atoms with Gasteiger partial charge >= 0.3 is 14.2 Å². The lowest BCUT2D eigenvalue weighted by molar-refractivity contribution is 0.00578. The molecule has 0 unspecified atom stereocenters. The third-order valence-corrected chi connectivity index (χ3v) is 6.90. The molecule has 150 valence electrons. The van der Waals surface area contributed by atoms with Crippen LogP contribution in [0.5, 0.6) is 0 Å². The van der Waals surface area contributed by atoms with Gasteiger partial charge in [-0.15, -0.1) is 11.3 Å². The maximum Gasteiger partial charge on any atom is 0.505 e. The summed E-state index contributed by atoms with van der Waals surface area (Å²) < 4.78 is 14.6. The number of fused-ring (bicyclic) bond motifs is 1. The lowest BCUT2D eigenvalue weighted by Crippen LogP contribution is -2.41. The zero-order valence-electron chi connectivity index (χ0n) is 17.1. The molecule has 8 heteroatoms. The van der Waals surface area contributed by atoms with Crippen molar-refractivity contribution in [3.05, 3.63) is 54.1 Å². The van der Waals surface area contributed by atoms with Crippen molar-refractivity contribution in [2.24, 2.45) is 0 Å². The summed E-state index contributed by atoms with van der Waals surface area (Å²) in [7, 11) is -1.81. The second kappa shape index (κ2) is 7.45. The fourth-order valence-corrected chi connectivity index (χ4v) is 4.32. The van der Waals surface area contributed by atoms with Crippen LogP contribution in [-0.2, 0) is 15.9 Å². The SMILES string of the molecule is CC1(C)OB(c2cc3cc(CNc4cccc(B(O)O)c4)ccc3s2)OC1(C)C. The maximum absolute atomic E-state index is 9.32. The first-order chi connectivity index (χ1) is 13.6. The van der Waals surface area contributed by atoms with Crippen LogP contribution in [0.4, 0.5) is 5.69 Å². The predicted molar refractivity (Wildman–Crippen MR) is 121 cm³/mol. The molecule has 3 N–H and O–H groups in total. The Hall–Kier alpha value is -1.83. The van der Waals surface area contributed by atoms with Crippen molar-refractivity contribution in [1.29, 1.82) is 0 Å². The van der Waals surface area contributed by atoms with E-state index in [9.17, 15) is 10.0 Å². The van der Waals surface area contributed by atoms with Crippen molar-refractivity contribution < 1.29 is 19.4 Å². The summed E-state index contributed by atoms with van der Waals surface area (Å²) in [5.74, 6) is 0. The van der Waals surface area contributed by atoms with Gasteiger partial charge in [0, 0.05) is 21.7 Å². The smallest absolute Gasteiger partial charge is 0.423 e. The molecule has 0 aliphatic carbocycles. The number of hydrogen-bond donors (Lipinski definition) is 3. The Labute approximate surface area is 176 Å². The molecule has 0 radical (unpaired) electrons. The highest BCUT2D eigenvalue weighted by Crippen LogP contribution is 2.37. The van der Waals surface area contributed by atoms with Crippen LogP contribution in [0.1, 0.15) is 33.3 Å². The number of nitrogens with one attached hydrogen (secondary N) is 1. The summed E-state index contributed by atoms with van der Waals surface area (Å²) in [6, 6.07) is 15.7. The van der Waals surface area contributed by atoms with Crippen LogP contribution in [-0.4, -0.2) is 35.5 Å². The number of benzene rings is 2. The van der Waals surface area contributed by atoms with Gasteiger partial charge in [-0.3, -0.25) is 0 Å². The Bertz CT molecular complexity index is 1020. The van der Waals surface area contributed by atoms with E-state index in [1.807, 2.05) is 6.07 Å². The van der Waals surface area contributed by atoms with Gasteiger partial charge in [0.05, 0.1) is 11.2 Å². The van der Waals surface area contributed by atoms with Gasteiger partial charge in [0.1, 0.15) is 0 Å². The first-order valence-corrected chi connectivity index (χ1v) is 10.5. The van der Waals surface area contributed by atoms with Crippen molar-refractivity contribution in [2.45, 2.75) is 45.4 Å². The molecule has 3 aromatic rings. The molecule has 2 aromatic carbocycles. The molecule has 2 heterocycles. The minimum absolute atomic E-state index is 0.341. The highest BCUT2D eigenvalue weighted by atomic mass is 32.1. The second-order valence-electron chi connectivity index (χ2n) is 8.46. The zero-order valence-corrected chi connectivity index (χ0v) is 17.9. The molecule has 0 spiro atoms. The molecule has 1 aliphatic heterocycles. The molecular weight excluding hydrogens is 384 g/mol. The molecule has 5 nitrogen and oxygen atoms in total. The van der Waals surface area contributed by atoms with Crippen molar-refractivity contribution in [1.82, 2.24) is 0 Å². The summed E-state index contributed by atoms with van der Waals surface area (Å²) >= 11 is 1.70. The lowest BCUT2D eigenvalue weighted by atomic mass is 9.80. The molecule has 1 fully saturated rings. The summed E-state index contributed by atoms with van der Waals surface area (Å²) in [6.45, 7) is 8.90. The standard InChI is InChI=1S/C21H25B2NO4S/c1-20(2)21(3,4)28-23(27-20)19-11-15-10-14(8-9-18(15)29-19)13-24-17-7-5-6-16(12-17)22(25)26/h5-12,24-26H,13H2,1-4H3. The van der Waals surface area contributed by atoms with E-state index in [0.29, 0.717) is 12.0 Å². The molecule has 0 atom stereocenters. The fraction of sp³-hybridized carbons (Fsp3) is 0.333. The van der Waals surface area contributed by atoms with Crippen LogP contribution < -0.4 is 15.6 Å². The first kappa shape index (κ1) is 20.4. The average Bonchev–Trinajstić information content (AvgIpc) is 3.17. The third kappa shape index (κ3) is 4.09. The molecular formula is C21H25B2NO4S. The summed E-state index contributed by atoms with van der Waals surface area (Å²) in [6.07, 6.45) is 0. The fourth-order valence-electron chi connectivity index (χ4n) is 3.31. The molecule has 0 saturated carbocycles. The van der Waals surface area contributed by atoms with Crippen LogP contribution >= 0.6 is 11.3 Å². The van der Waals surface area contributed by atoms with Gasteiger partial charge in [-0.2, -0.15) is 0 Å². The zero-order chi connectivity index (χ0) is 20.8. The Kier molecular flexibility index (Phi) is 5.25. The van der Waals surface area contributed by atoms with Crippen LogP contribution in [0, 0.1) is 0 Å². The molecule has 1 aliphatic rings. The Morgan fingerprint density at radius 2 is 1.72 bits per heavy atom. The van der Waals surface area contributed by atoms with E-state index < -0.39 is 7.12 Å². The quantitative estimate of drug-likeness (QED) is 0.565. The Balaban J connectivity index is 1.50. The van der Waals surface area contributed by atoms with Gasteiger partial charge < -0.3 is 24.7 Å². The Morgan fingerprint density at radius 3 is 2.41 bits per heavy atom. The maximum atomic E-state index is 9.32. The number of anilines is 1. The van der Waals surface area contributed by atoms with Gasteiger partial charge in [-0.1, -0.05) is 18.2 Å². The molecule has 4 rings (SSSR count). The minimum Gasteiger partial charge on any atom is -0.423 e. The molecule has 1 saturated heterocycles. The largest absolute Gasteiger partial charge is 0.505 e. The van der Waals surface area contributed by atoms with Gasteiger partial charge in [-0.25, -0.2) is 0 Å². The Morgan fingerprint density at radius 1 is 1.00 bits per heavy atom. The van der Waals surface area contributed by atoms with E-state index in [1.165, 1.54) is 10.1 Å². The van der Waals surface area contributed by atoms with Gasteiger partial charge in [0.25, 0.3) is 0 Å². The van der Waals surface area contributed by atoms with Crippen molar-refractivity contribution in [2.75, 3.05) is 5.32 Å². The monoisotopic (exact) mass is 409 g/mol. The summed E-state index contributed by atoms with van der Waals surface area (Å²) in [5.41, 5.74) is 1.76. The van der Waals surface area contributed by atoms with Crippen LogP contribution in [0.15, 0.2) is 48.5 Å². The molecule has 0 bridgehead atoms. The van der Waals surface area contributed by atoms with E-state index in [2.05, 4.69) is 57.3 Å². The minimum atomic E-state index is -1.47. The van der Waals surface area contributed by atoms with Gasteiger partial charge in [0.2, 0.25) is 0 Å². The van der Waals surface area contributed by atoms with Crippen molar-refractivity contribution in [3.8, 4) is 0 Å². The van der Waals surface area contributed by atoms with Crippen molar-refractivity contribution in [3.63, 3.8) is 0 Å². The summed E-state index contributed by atoms with van der Waals surface area (Å²) in [4.78, 5) is 0. The summed E-state index contributed by atoms with van der Waals surface area (Å²) in [5, 5.41) is 23.1. The van der Waals surface area contributed by atoms with Crippen LogP contribution in [0.3, 0.4) is 0 Å². The lowest BCUT2D eigenvalue weighted by Gasteiger charge is -2.32. The number of hydrogen-bond acceptors (Lipinski definition) is 6. The van der Waals surface area contributed by atoms with E-state index >= 15 is 0 Å². The predicted octanol–water partition coefficient (Wildman–Crippen LogP) is 2.49. The van der Waals surface area contributed by atoms with Crippen LogP contribution in [0.2, 0.25) is 0 Å². The average molecular weight is 409 g/mol. The number of rotatable bonds is 5. The van der Waals surface area contributed by atoms with E-state index in [1.54, 1.807) is 29.5 Å². The van der Waals surface area contributed by atoms with E-state index in [-0.39, 0.29) is 18.3 Å². The molecule has 0 amide bonds. The van der Waals surface area contributed by atoms with Gasteiger partial charge in [0.15, 0.2) is 0 Å². The molecule has 1 aromatic heterocycles. The number of thiophene rings is 1. The topological polar surface area (TPSA) is 71.0 Å². The second-order valence-corrected chi connectivity index (χ2v) is 9.58. The third-order valence-electron chi connectivity index (χ3n) is 5.77. The highest BCUT2D eigenvalue weighted by molar-refractivity contribution is 7.28. The van der Waals surface area contributed by atoms with E-state index in [4.69, 9.17) is 9.31 Å². The molecule has 29 heavy (non-hydrogen) atoms. The van der Waals surface area contributed by atoms with Crippen molar-refractivity contribution >= 4 is 51.6 Å². The van der Waals surface area contributed by atoms with E-state index in [0.717, 1.165) is 16.0 Å². The highest BCUT2D eigenvalue weighted by Gasteiger charge is 2.52. The van der Waals surface area contributed by atoms with Crippen LogP contribution in [0.25, 0.3) is 10.1 Å². The normalized spacial score (nSPS) is 17.7.